The predicted molar refractivity (Wildman–Crippen MR) is 113 cm³/mol. The first-order valence-corrected chi connectivity index (χ1v) is 9.28. The fraction of sp³-hybridized carbons (Fsp3) is 0.263. The Hall–Kier alpha value is -2.87. The van der Waals surface area contributed by atoms with Gasteiger partial charge in [0.05, 0.1) is 29.3 Å². The van der Waals surface area contributed by atoms with E-state index in [9.17, 15) is 9.59 Å². The summed E-state index contributed by atoms with van der Waals surface area (Å²) in [6.07, 6.45) is 4.92. The van der Waals surface area contributed by atoms with Crippen molar-refractivity contribution >= 4 is 46.2 Å². The number of nitrogens with one attached hydrogen (secondary N) is 2. The molecule has 2 amide bonds. The van der Waals surface area contributed by atoms with Crippen LogP contribution in [-0.4, -0.2) is 34.4 Å². The minimum atomic E-state index is -0.637. The van der Waals surface area contributed by atoms with Gasteiger partial charge < -0.3 is 9.47 Å². The molecule has 0 spiro atoms. The zero-order chi connectivity index (χ0) is 20.6. The van der Waals surface area contributed by atoms with Crippen LogP contribution >= 0.6 is 22.6 Å². The van der Waals surface area contributed by atoms with E-state index in [0.717, 1.165) is 3.57 Å². The topological polar surface area (TPSA) is 102 Å². The molecule has 8 nitrogen and oxygen atoms in total. The third-order valence-electron chi connectivity index (χ3n) is 2.96. The van der Waals surface area contributed by atoms with Crippen molar-refractivity contribution in [3.63, 3.8) is 0 Å². The summed E-state index contributed by atoms with van der Waals surface area (Å²) in [7, 11) is 0. The van der Waals surface area contributed by atoms with E-state index in [1.807, 2.05) is 0 Å². The number of carbonyl (C=O) groups is 2. The minimum Gasteiger partial charge on any atom is -0.444 e. The van der Waals surface area contributed by atoms with Crippen molar-refractivity contribution in [3.05, 3.63) is 46.1 Å². The van der Waals surface area contributed by atoms with Gasteiger partial charge in [0.1, 0.15) is 5.60 Å². The first-order valence-electron chi connectivity index (χ1n) is 8.21. The number of aromatic nitrogens is 2. The molecule has 0 unspecified atom stereocenters. The SMILES string of the molecule is CC(C)(C)OC(=O)Nc1cnccc1C#CCOC(=O)Nc1cnccc1I. The number of anilines is 2. The van der Waals surface area contributed by atoms with Gasteiger partial charge in [0.2, 0.25) is 0 Å². The zero-order valence-electron chi connectivity index (χ0n) is 15.6. The van der Waals surface area contributed by atoms with Crippen LogP contribution in [0.4, 0.5) is 21.0 Å². The lowest BCUT2D eigenvalue weighted by molar-refractivity contribution is 0.0635. The second-order valence-corrected chi connectivity index (χ2v) is 7.57. The molecule has 2 N–H and O–H groups in total. The van der Waals surface area contributed by atoms with Crippen molar-refractivity contribution in [1.82, 2.24) is 9.97 Å². The largest absolute Gasteiger partial charge is 0.444 e. The number of ether oxygens (including phenoxy) is 2. The highest BCUT2D eigenvalue weighted by atomic mass is 127. The van der Waals surface area contributed by atoms with Crippen LogP contribution in [0.15, 0.2) is 36.9 Å². The lowest BCUT2D eigenvalue weighted by Gasteiger charge is -2.19. The Morgan fingerprint density at radius 1 is 1.07 bits per heavy atom. The first-order chi connectivity index (χ1) is 13.2. The van der Waals surface area contributed by atoms with E-state index in [1.54, 1.807) is 45.3 Å². The average Bonchev–Trinajstić information content (AvgIpc) is 2.60. The standard InChI is InChI=1S/C19H19IN4O4/c1-19(2,3)28-18(26)23-15-11-21-8-6-13(15)5-4-10-27-17(25)24-16-12-22-9-7-14(16)20/h6-9,11-12H,10H2,1-3H3,(H,23,26)(H,24,25). The molecule has 0 saturated carbocycles. The molecule has 0 aliphatic carbocycles. The van der Waals surface area contributed by atoms with Crippen LogP contribution in [0.2, 0.25) is 0 Å². The molecule has 0 radical (unpaired) electrons. The summed E-state index contributed by atoms with van der Waals surface area (Å²) in [5.74, 6) is 5.56. The van der Waals surface area contributed by atoms with Gasteiger partial charge in [0, 0.05) is 16.0 Å². The Bertz CT molecular complexity index is 916. The van der Waals surface area contributed by atoms with Gasteiger partial charge in [-0.05, 0) is 55.5 Å². The monoisotopic (exact) mass is 494 g/mol. The highest BCUT2D eigenvalue weighted by Gasteiger charge is 2.17. The molecule has 0 saturated heterocycles. The van der Waals surface area contributed by atoms with Crippen molar-refractivity contribution in [2.75, 3.05) is 17.2 Å². The first kappa shape index (κ1) is 21.4. The van der Waals surface area contributed by atoms with Crippen molar-refractivity contribution in [3.8, 4) is 11.8 Å². The molecule has 0 aliphatic rings. The summed E-state index contributed by atoms with van der Waals surface area (Å²) < 4.78 is 11.1. The zero-order valence-corrected chi connectivity index (χ0v) is 17.7. The van der Waals surface area contributed by atoms with Crippen LogP contribution in [0, 0.1) is 15.4 Å². The molecule has 2 aromatic rings. The normalized spacial score (nSPS) is 10.3. The van der Waals surface area contributed by atoms with E-state index in [2.05, 4.69) is 55.0 Å². The van der Waals surface area contributed by atoms with Crippen LogP contribution in [-0.2, 0) is 9.47 Å². The van der Waals surface area contributed by atoms with E-state index < -0.39 is 17.8 Å². The number of hydrogen-bond acceptors (Lipinski definition) is 6. The summed E-state index contributed by atoms with van der Waals surface area (Å²) in [4.78, 5) is 31.6. The van der Waals surface area contributed by atoms with E-state index in [1.165, 1.54) is 12.4 Å². The Labute approximate surface area is 176 Å². The maximum absolute atomic E-state index is 11.9. The summed E-state index contributed by atoms with van der Waals surface area (Å²) in [5, 5.41) is 5.19. The number of pyridine rings is 2. The molecule has 2 rings (SSSR count). The van der Waals surface area contributed by atoms with Gasteiger partial charge in [-0.25, -0.2) is 9.59 Å². The molecule has 9 heteroatoms. The Morgan fingerprint density at radius 2 is 1.71 bits per heavy atom. The van der Waals surface area contributed by atoms with Crippen molar-refractivity contribution in [2.45, 2.75) is 26.4 Å². The quantitative estimate of drug-likeness (QED) is 0.494. The van der Waals surface area contributed by atoms with Gasteiger partial charge in [0.15, 0.2) is 6.61 Å². The Kier molecular flexibility index (Phi) is 7.57. The van der Waals surface area contributed by atoms with Crippen LogP contribution < -0.4 is 10.6 Å². The molecular formula is C19H19IN4O4. The highest BCUT2D eigenvalue weighted by Crippen LogP contribution is 2.16. The van der Waals surface area contributed by atoms with E-state index in [-0.39, 0.29) is 6.61 Å². The predicted octanol–water partition coefficient (Wildman–Crippen LogP) is 4.03. The average molecular weight is 494 g/mol. The van der Waals surface area contributed by atoms with Gasteiger partial charge in [-0.3, -0.25) is 20.6 Å². The molecule has 0 bridgehead atoms. The summed E-state index contributed by atoms with van der Waals surface area (Å²) >= 11 is 2.08. The fourth-order valence-corrected chi connectivity index (χ4v) is 2.30. The van der Waals surface area contributed by atoms with Gasteiger partial charge >= 0.3 is 12.2 Å². The lowest BCUT2D eigenvalue weighted by Crippen LogP contribution is -2.27. The molecule has 28 heavy (non-hydrogen) atoms. The second-order valence-electron chi connectivity index (χ2n) is 6.41. The van der Waals surface area contributed by atoms with E-state index in [0.29, 0.717) is 16.9 Å². The number of amides is 2. The maximum atomic E-state index is 11.9. The number of rotatable bonds is 3. The fourth-order valence-electron chi connectivity index (χ4n) is 1.87. The van der Waals surface area contributed by atoms with Gasteiger partial charge in [-0.2, -0.15) is 0 Å². The van der Waals surface area contributed by atoms with Crippen LogP contribution in [0.1, 0.15) is 26.3 Å². The summed E-state index contributed by atoms with van der Waals surface area (Å²) in [6, 6.07) is 3.40. The third kappa shape index (κ3) is 7.40. The van der Waals surface area contributed by atoms with Crippen molar-refractivity contribution in [2.24, 2.45) is 0 Å². The van der Waals surface area contributed by atoms with Crippen LogP contribution in [0.25, 0.3) is 0 Å². The number of nitrogens with zero attached hydrogens (tertiary/aromatic N) is 2. The Balaban J connectivity index is 1.92. The second kappa shape index (κ2) is 9.89. The molecule has 0 aromatic carbocycles. The molecule has 146 valence electrons. The molecular weight excluding hydrogens is 475 g/mol. The summed E-state index contributed by atoms with van der Waals surface area (Å²) in [6.45, 7) is 5.18. The van der Waals surface area contributed by atoms with E-state index in [4.69, 9.17) is 9.47 Å². The number of halogens is 1. The van der Waals surface area contributed by atoms with Gasteiger partial charge in [0.25, 0.3) is 0 Å². The third-order valence-corrected chi connectivity index (χ3v) is 3.90. The summed E-state index contributed by atoms with van der Waals surface area (Å²) in [5.41, 5.74) is 0.857. The molecule has 2 aromatic heterocycles. The molecule has 0 aliphatic heterocycles. The number of hydrogen-bond donors (Lipinski definition) is 2. The number of carbonyl (C=O) groups excluding carboxylic acids is 2. The minimum absolute atomic E-state index is 0.128. The molecule has 0 atom stereocenters. The molecule has 2 heterocycles. The van der Waals surface area contributed by atoms with Crippen molar-refractivity contribution < 1.29 is 19.1 Å². The highest BCUT2D eigenvalue weighted by molar-refractivity contribution is 14.1. The maximum Gasteiger partial charge on any atom is 0.412 e. The Morgan fingerprint density at radius 3 is 2.39 bits per heavy atom. The van der Waals surface area contributed by atoms with Gasteiger partial charge in [-0.15, -0.1) is 0 Å². The van der Waals surface area contributed by atoms with Crippen molar-refractivity contribution in [1.29, 1.82) is 0 Å². The smallest absolute Gasteiger partial charge is 0.412 e. The van der Waals surface area contributed by atoms with Crippen LogP contribution in [0.5, 0.6) is 0 Å². The lowest BCUT2D eigenvalue weighted by atomic mass is 10.2. The molecule has 0 fully saturated rings. The van der Waals surface area contributed by atoms with E-state index >= 15 is 0 Å². The van der Waals surface area contributed by atoms with Crippen LogP contribution in [0.3, 0.4) is 0 Å². The van der Waals surface area contributed by atoms with Gasteiger partial charge in [-0.1, -0.05) is 11.8 Å².